The fraction of sp³-hybridized carbons (Fsp3) is 0.619. The molecule has 4 atom stereocenters. The lowest BCUT2D eigenvalue weighted by atomic mass is 9.86. The number of aromatic nitrogens is 4. The molecule has 0 unspecified atom stereocenters. The second-order valence-corrected chi connectivity index (χ2v) is 8.61. The zero-order valence-corrected chi connectivity index (χ0v) is 17.1. The maximum absolute atomic E-state index is 13.2. The van der Waals surface area contributed by atoms with E-state index in [9.17, 15) is 5.21 Å². The molecule has 0 spiro atoms. The lowest BCUT2D eigenvalue weighted by Gasteiger charge is -2.51. The van der Waals surface area contributed by atoms with Crippen LogP contribution in [0, 0.1) is 11.1 Å². The van der Waals surface area contributed by atoms with Crippen LogP contribution in [0.4, 0.5) is 0 Å². The van der Waals surface area contributed by atoms with Gasteiger partial charge in [0, 0.05) is 38.4 Å². The van der Waals surface area contributed by atoms with Crippen molar-refractivity contribution >= 4 is 16.7 Å². The standard InChI is InChI=1S/C21H29N6O2/c1-14-7-9-25(27(28)15-4-3-5-17(10-15)29-2)13-18(14)21-24-12-16-11-23-20-19(26(16)21)6-8-22-20/h6,8,11-12,14-15,17-18,22H,3-5,7,9-10,13H2,1-2H3/q-1/t14-,15-,17+,18+/m1/s1. The molecule has 0 amide bonds. The van der Waals surface area contributed by atoms with Crippen molar-refractivity contribution in [2.75, 3.05) is 20.2 Å². The van der Waals surface area contributed by atoms with Crippen LogP contribution in [0.1, 0.15) is 50.8 Å². The Morgan fingerprint density at radius 3 is 2.97 bits per heavy atom. The van der Waals surface area contributed by atoms with Crippen LogP contribution in [0.25, 0.3) is 16.7 Å². The number of hydrazine groups is 1. The zero-order chi connectivity index (χ0) is 20.0. The number of hydrogen-bond donors (Lipinski definition) is 1. The Morgan fingerprint density at radius 1 is 1.24 bits per heavy atom. The highest BCUT2D eigenvalue weighted by Gasteiger charge is 2.34. The van der Waals surface area contributed by atoms with Crippen LogP contribution in [-0.4, -0.2) is 61.9 Å². The molecule has 156 valence electrons. The third-order valence-electron chi connectivity index (χ3n) is 6.88. The van der Waals surface area contributed by atoms with Gasteiger partial charge in [-0.15, -0.1) is 0 Å². The normalized spacial score (nSPS) is 29.2. The summed E-state index contributed by atoms with van der Waals surface area (Å²) in [5.41, 5.74) is 2.88. The van der Waals surface area contributed by atoms with Crippen molar-refractivity contribution < 1.29 is 4.74 Å². The van der Waals surface area contributed by atoms with E-state index in [0.29, 0.717) is 12.5 Å². The topological polar surface area (TPSA) is 84.8 Å². The van der Waals surface area contributed by atoms with Crippen molar-refractivity contribution in [1.29, 1.82) is 0 Å². The maximum Gasteiger partial charge on any atom is 0.154 e. The second kappa shape index (κ2) is 7.68. The second-order valence-electron chi connectivity index (χ2n) is 8.61. The number of ether oxygens (including phenoxy) is 1. The van der Waals surface area contributed by atoms with E-state index in [1.54, 1.807) is 7.11 Å². The quantitative estimate of drug-likeness (QED) is 0.680. The van der Waals surface area contributed by atoms with E-state index in [1.165, 1.54) is 5.17 Å². The largest absolute Gasteiger partial charge is 0.771 e. The van der Waals surface area contributed by atoms with Gasteiger partial charge in [-0.2, -0.15) is 0 Å². The Balaban J connectivity index is 1.42. The summed E-state index contributed by atoms with van der Waals surface area (Å²) >= 11 is 0. The van der Waals surface area contributed by atoms with Crippen LogP contribution in [0.2, 0.25) is 0 Å². The van der Waals surface area contributed by atoms with E-state index in [-0.39, 0.29) is 18.1 Å². The molecule has 5 rings (SSSR count). The molecule has 1 N–H and O–H groups in total. The molecule has 3 aromatic rings. The van der Waals surface area contributed by atoms with Gasteiger partial charge in [-0.25, -0.2) is 9.97 Å². The monoisotopic (exact) mass is 397 g/mol. The van der Waals surface area contributed by atoms with E-state index in [2.05, 4.69) is 21.3 Å². The molecule has 0 aromatic carbocycles. The van der Waals surface area contributed by atoms with Gasteiger partial charge in [0.05, 0.1) is 29.5 Å². The van der Waals surface area contributed by atoms with Crippen LogP contribution >= 0.6 is 0 Å². The molecule has 8 heteroatoms. The Hall–Kier alpha value is -2.00. The molecule has 1 aliphatic carbocycles. The lowest BCUT2D eigenvalue weighted by molar-refractivity contribution is -0.0741. The van der Waals surface area contributed by atoms with Gasteiger partial charge in [0.2, 0.25) is 0 Å². The fourth-order valence-corrected chi connectivity index (χ4v) is 5.10. The number of imidazole rings is 1. The van der Waals surface area contributed by atoms with Crippen LogP contribution in [0.5, 0.6) is 0 Å². The van der Waals surface area contributed by atoms with Crippen molar-refractivity contribution in [3.8, 4) is 0 Å². The number of fused-ring (bicyclic) bond motifs is 3. The minimum Gasteiger partial charge on any atom is -0.771 e. The van der Waals surface area contributed by atoms with E-state index >= 15 is 0 Å². The predicted octanol–water partition coefficient (Wildman–Crippen LogP) is 3.31. The molecule has 0 radical (unpaired) electrons. The molecule has 1 saturated carbocycles. The summed E-state index contributed by atoms with van der Waals surface area (Å²) in [7, 11) is 1.75. The summed E-state index contributed by atoms with van der Waals surface area (Å²) in [4.78, 5) is 12.4. The Morgan fingerprint density at radius 2 is 2.10 bits per heavy atom. The molecule has 3 aromatic heterocycles. The third kappa shape index (κ3) is 3.34. The van der Waals surface area contributed by atoms with E-state index in [4.69, 9.17) is 9.72 Å². The van der Waals surface area contributed by atoms with Crippen molar-refractivity contribution in [3.05, 3.63) is 35.7 Å². The summed E-state index contributed by atoms with van der Waals surface area (Å²) in [6, 6.07) is 2.05. The van der Waals surface area contributed by atoms with Gasteiger partial charge in [-0.1, -0.05) is 6.92 Å². The molecule has 2 aliphatic rings. The number of hydrogen-bond acceptors (Lipinski definition) is 6. The van der Waals surface area contributed by atoms with Crippen LogP contribution < -0.4 is 0 Å². The molecule has 1 saturated heterocycles. The minimum atomic E-state index is 0.0142. The minimum absolute atomic E-state index is 0.0142. The summed E-state index contributed by atoms with van der Waals surface area (Å²) in [6.45, 7) is 3.78. The first-order valence-electron chi connectivity index (χ1n) is 10.7. The average Bonchev–Trinajstić information content (AvgIpc) is 3.40. The molecule has 2 fully saturated rings. The number of piperidine rings is 1. The number of H-pyrrole nitrogens is 1. The number of nitrogens with one attached hydrogen (secondary N) is 1. The molecule has 29 heavy (non-hydrogen) atoms. The summed E-state index contributed by atoms with van der Waals surface area (Å²) in [5, 5.41) is 16.5. The van der Waals surface area contributed by atoms with Crippen molar-refractivity contribution in [1.82, 2.24) is 29.5 Å². The highest BCUT2D eigenvalue weighted by Crippen LogP contribution is 2.35. The number of methoxy groups -OCH3 is 1. The first-order chi connectivity index (χ1) is 14.2. The molecule has 8 nitrogen and oxygen atoms in total. The Kier molecular flexibility index (Phi) is 5.03. The molecule has 1 aliphatic heterocycles. The molecular weight excluding hydrogens is 368 g/mol. The number of hydroxylamine groups is 1. The molecule has 4 heterocycles. The van der Waals surface area contributed by atoms with Gasteiger partial charge in [-0.3, -0.25) is 9.41 Å². The highest BCUT2D eigenvalue weighted by atomic mass is 16.6. The van der Waals surface area contributed by atoms with Gasteiger partial charge in [-0.05, 0) is 44.1 Å². The molecule has 0 bridgehead atoms. The summed E-state index contributed by atoms with van der Waals surface area (Å²) in [6.07, 6.45) is 10.7. The lowest BCUT2D eigenvalue weighted by Crippen LogP contribution is -2.52. The van der Waals surface area contributed by atoms with Crippen LogP contribution in [-0.2, 0) is 4.74 Å². The smallest absolute Gasteiger partial charge is 0.154 e. The van der Waals surface area contributed by atoms with Gasteiger partial charge in [0.1, 0.15) is 5.82 Å². The fourth-order valence-electron chi connectivity index (χ4n) is 5.10. The van der Waals surface area contributed by atoms with E-state index in [0.717, 1.165) is 61.2 Å². The Bertz CT molecular complexity index is 984. The van der Waals surface area contributed by atoms with Crippen molar-refractivity contribution in [2.24, 2.45) is 5.92 Å². The van der Waals surface area contributed by atoms with Gasteiger partial charge in [0.25, 0.3) is 0 Å². The number of aromatic amines is 1. The number of nitrogens with zero attached hydrogens (tertiary/aromatic N) is 5. The average molecular weight is 398 g/mol. The van der Waals surface area contributed by atoms with Crippen molar-refractivity contribution in [3.63, 3.8) is 0 Å². The van der Waals surface area contributed by atoms with Gasteiger partial charge in [0.15, 0.2) is 5.65 Å². The summed E-state index contributed by atoms with van der Waals surface area (Å²) < 4.78 is 7.73. The Labute approximate surface area is 170 Å². The first-order valence-corrected chi connectivity index (χ1v) is 10.7. The zero-order valence-electron chi connectivity index (χ0n) is 17.1. The third-order valence-corrected chi connectivity index (χ3v) is 6.88. The number of rotatable bonds is 4. The first kappa shape index (κ1) is 19.0. The SMILES string of the molecule is CO[C@H]1CCC[C@@H](N([O-])N2CC[C@@H](C)[C@@H](c3ncc4cnc5[nH]ccc5n34)C2)C1. The van der Waals surface area contributed by atoms with Gasteiger partial charge >= 0.3 is 0 Å². The van der Waals surface area contributed by atoms with Crippen LogP contribution in [0.15, 0.2) is 24.7 Å². The maximum atomic E-state index is 13.2. The predicted molar refractivity (Wildman–Crippen MR) is 111 cm³/mol. The molecular formula is C21H29N6O2-. The van der Waals surface area contributed by atoms with E-state index in [1.807, 2.05) is 29.7 Å². The highest BCUT2D eigenvalue weighted by molar-refractivity contribution is 5.75. The van der Waals surface area contributed by atoms with E-state index < -0.39 is 0 Å². The van der Waals surface area contributed by atoms with Gasteiger partial charge < -0.3 is 20.1 Å². The van der Waals surface area contributed by atoms with Crippen molar-refractivity contribution in [2.45, 2.75) is 57.1 Å². The summed E-state index contributed by atoms with van der Waals surface area (Å²) in [5.74, 6) is 1.69. The van der Waals surface area contributed by atoms with Crippen LogP contribution in [0.3, 0.4) is 0 Å².